The molecule has 4 rings (SSSR count). The van der Waals surface area contributed by atoms with Gasteiger partial charge in [-0.3, -0.25) is 14.4 Å². The zero-order valence-electron chi connectivity index (χ0n) is 16.7. The number of hydrogen-bond acceptors (Lipinski definition) is 5. The van der Waals surface area contributed by atoms with Gasteiger partial charge in [0.05, 0.1) is 11.4 Å². The molecule has 2 heterocycles. The molecule has 0 unspecified atom stereocenters. The largest absolute Gasteiger partial charge is 0.324 e. The zero-order chi connectivity index (χ0) is 21.8. The number of anilines is 1. The van der Waals surface area contributed by atoms with E-state index >= 15 is 0 Å². The van der Waals surface area contributed by atoms with Crippen LogP contribution in [0.25, 0.3) is 22.5 Å². The van der Waals surface area contributed by atoms with Gasteiger partial charge in [-0.15, -0.1) is 0 Å². The number of carbonyl (C=O) groups is 1. The molecule has 0 saturated heterocycles. The third-order valence-corrected chi connectivity index (χ3v) is 4.65. The van der Waals surface area contributed by atoms with E-state index in [1.165, 1.54) is 12.1 Å². The van der Waals surface area contributed by atoms with Crippen LogP contribution < -0.4 is 16.4 Å². The molecule has 1 amide bonds. The van der Waals surface area contributed by atoms with Crippen LogP contribution >= 0.6 is 0 Å². The van der Waals surface area contributed by atoms with Crippen molar-refractivity contribution < 1.29 is 4.79 Å². The van der Waals surface area contributed by atoms with Gasteiger partial charge in [-0.1, -0.05) is 42.0 Å². The first-order valence-corrected chi connectivity index (χ1v) is 9.59. The molecule has 8 nitrogen and oxygen atoms in total. The van der Waals surface area contributed by atoms with Crippen molar-refractivity contribution in [3.8, 4) is 22.5 Å². The molecule has 0 atom stereocenters. The molecule has 8 heteroatoms. The topological polar surface area (TPSA) is 110 Å². The summed E-state index contributed by atoms with van der Waals surface area (Å²) in [5.41, 5.74) is 3.95. The lowest BCUT2D eigenvalue weighted by Gasteiger charge is -2.09. The fourth-order valence-electron chi connectivity index (χ4n) is 3.01. The van der Waals surface area contributed by atoms with E-state index in [9.17, 15) is 14.4 Å². The van der Waals surface area contributed by atoms with Gasteiger partial charge in [0, 0.05) is 28.9 Å². The number of benzene rings is 2. The van der Waals surface area contributed by atoms with E-state index in [4.69, 9.17) is 0 Å². The highest BCUT2D eigenvalue weighted by atomic mass is 16.2. The number of aromatic amines is 1. The van der Waals surface area contributed by atoms with Gasteiger partial charge < -0.3 is 5.32 Å². The molecule has 154 valence electrons. The second-order valence-corrected chi connectivity index (χ2v) is 7.01. The molecule has 0 aliphatic rings. The SMILES string of the molecule is Cc1ccc(-c2ccc(=O)n(CC(=O)Nc3ccc(-c4ccc(=O)[nH]n4)cc3)n2)cc1. The monoisotopic (exact) mass is 413 g/mol. The fraction of sp³-hybridized carbons (Fsp3) is 0.0870. The molecule has 0 bridgehead atoms. The summed E-state index contributed by atoms with van der Waals surface area (Å²) in [6.45, 7) is 1.79. The number of amides is 1. The van der Waals surface area contributed by atoms with Crippen LogP contribution in [-0.2, 0) is 11.3 Å². The number of nitrogens with one attached hydrogen (secondary N) is 2. The Morgan fingerprint density at radius 2 is 1.52 bits per heavy atom. The Kier molecular flexibility index (Phi) is 5.53. The smallest absolute Gasteiger partial charge is 0.267 e. The second-order valence-electron chi connectivity index (χ2n) is 7.01. The zero-order valence-corrected chi connectivity index (χ0v) is 16.7. The Balaban J connectivity index is 1.46. The van der Waals surface area contributed by atoms with Crippen LogP contribution in [-0.4, -0.2) is 25.9 Å². The minimum absolute atomic E-state index is 0.207. The summed E-state index contributed by atoms with van der Waals surface area (Å²) in [5.74, 6) is -0.370. The van der Waals surface area contributed by atoms with Crippen molar-refractivity contribution >= 4 is 11.6 Å². The van der Waals surface area contributed by atoms with Crippen molar-refractivity contribution in [2.24, 2.45) is 0 Å². The number of carbonyl (C=O) groups excluding carboxylic acids is 1. The molecule has 4 aromatic rings. The molecule has 2 aromatic heterocycles. The van der Waals surface area contributed by atoms with Gasteiger partial charge >= 0.3 is 0 Å². The molecular formula is C23H19N5O3. The van der Waals surface area contributed by atoms with E-state index in [0.717, 1.165) is 21.4 Å². The summed E-state index contributed by atoms with van der Waals surface area (Å²) in [7, 11) is 0. The first kappa shape index (κ1) is 20.0. The van der Waals surface area contributed by atoms with E-state index in [1.807, 2.05) is 31.2 Å². The van der Waals surface area contributed by atoms with Crippen molar-refractivity contribution in [1.29, 1.82) is 0 Å². The first-order chi connectivity index (χ1) is 15.0. The van der Waals surface area contributed by atoms with Crippen LogP contribution in [0.3, 0.4) is 0 Å². The van der Waals surface area contributed by atoms with Crippen LogP contribution in [0.5, 0.6) is 0 Å². The molecule has 2 N–H and O–H groups in total. The average molecular weight is 413 g/mol. The van der Waals surface area contributed by atoms with Crippen LogP contribution in [0.1, 0.15) is 5.56 Å². The standard InChI is InChI=1S/C23H19N5O3/c1-15-2-4-17(5-3-15)20-11-13-23(31)28(27-20)14-22(30)24-18-8-6-16(7-9-18)19-10-12-21(29)26-25-19/h2-13H,14H2,1H3,(H,24,30)(H,26,29). The van der Waals surface area contributed by atoms with Crippen molar-refractivity contribution in [2.75, 3.05) is 5.32 Å². The van der Waals surface area contributed by atoms with E-state index in [0.29, 0.717) is 17.1 Å². The van der Waals surface area contributed by atoms with E-state index in [2.05, 4.69) is 20.6 Å². The van der Waals surface area contributed by atoms with Gasteiger partial charge in [0.2, 0.25) is 5.91 Å². The third-order valence-electron chi connectivity index (χ3n) is 4.65. The van der Waals surface area contributed by atoms with Gasteiger partial charge in [-0.2, -0.15) is 10.2 Å². The summed E-state index contributed by atoms with van der Waals surface area (Å²) < 4.78 is 1.14. The summed E-state index contributed by atoms with van der Waals surface area (Å²) in [6.07, 6.45) is 0. The number of rotatable bonds is 5. The molecule has 0 aliphatic heterocycles. The van der Waals surface area contributed by atoms with Gasteiger partial charge in [0.25, 0.3) is 11.1 Å². The molecule has 2 aromatic carbocycles. The summed E-state index contributed by atoms with van der Waals surface area (Å²) in [6, 6.07) is 20.8. The van der Waals surface area contributed by atoms with E-state index in [1.54, 1.807) is 36.4 Å². The van der Waals surface area contributed by atoms with Crippen LogP contribution in [0.15, 0.2) is 82.4 Å². The Labute approximate surface area is 177 Å². The second kappa shape index (κ2) is 8.58. The normalized spacial score (nSPS) is 10.6. The number of H-pyrrole nitrogens is 1. The quantitative estimate of drug-likeness (QED) is 0.523. The average Bonchev–Trinajstić information content (AvgIpc) is 2.77. The molecule has 31 heavy (non-hydrogen) atoms. The van der Waals surface area contributed by atoms with Crippen LogP contribution in [0.2, 0.25) is 0 Å². The van der Waals surface area contributed by atoms with Crippen molar-refractivity contribution in [1.82, 2.24) is 20.0 Å². The van der Waals surface area contributed by atoms with Crippen molar-refractivity contribution in [2.45, 2.75) is 13.5 Å². The fourth-order valence-corrected chi connectivity index (χ4v) is 3.01. The van der Waals surface area contributed by atoms with E-state index in [-0.39, 0.29) is 23.6 Å². The van der Waals surface area contributed by atoms with Gasteiger partial charge in [0.1, 0.15) is 6.54 Å². The van der Waals surface area contributed by atoms with E-state index < -0.39 is 0 Å². The molecule has 0 fully saturated rings. The minimum Gasteiger partial charge on any atom is -0.324 e. The summed E-state index contributed by atoms with van der Waals surface area (Å²) >= 11 is 0. The predicted octanol–water partition coefficient (Wildman–Crippen LogP) is 2.61. The third kappa shape index (κ3) is 4.81. The maximum absolute atomic E-state index is 12.5. The van der Waals surface area contributed by atoms with Gasteiger partial charge in [-0.05, 0) is 31.2 Å². The van der Waals surface area contributed by atoms with Crippen LogP contribution in [0.4, 0.5) is 5.69 Å². The van der Waals surface area contributed by atoms with Crippen LogP contribution in [0, 0.1) is 6.92 Å². The molecule has 0 radical (unpaired) electrons. The highest BCUT2D eigenvalue weighted by Gasteiger charge is 2.09. The Hall–Kier alpha value is -4.33. The Morgan fingerprint density at radius 1 is 0.871 bits per heavy atom. The van der Waals surface area contributed by atoms with Gasteiger partial charge in [0.15, 0.2) is 0 Å². The first-order valence-electron chi connectivity index (χ1n) is 9.59. The summed E-state index contributed by atoms with van der Waals surface area (Å²) in [4.78, 5) is 35.7. The lowest BCUT2D eigenvalue weighted by Crippen LogP contribution is -2.29. The minimum atomic E-state index is -0.370. The Bertz CT molecular complexity index is 1320. The summed E-state index contributed by atoms with van der Waals surface area (Å²) in [5, 5.41) is 13.4. The maximum Gasteiger partial charge on any atom is 0.267 e. The number of aryl methyl sites for hydroxylation is 1. The number of nitrogens with zero attached hydrogens (tertiary/aromatic N) is 3. The maximum atomic E-state index is 12.5. The molecule has 0 saturated carbocycles. The Morgan fingerprint density at radius 3 is 2.19 bits per heavy atom. The lowest BCUT2D eigenvalue weighted by molar-refractivity contribution is -0.117. The molecule has 0 spiro atoms. The number of hydrogen-bond donors (Lipinski definition) is 2. The molecular weight excluding hydrogens is 394 g/mol. The van der Waals surface area contributed by atoms with Crippen molar-refractivity contribution in [3.63, 3.8) is 0 Å². The van der Waals surface area contributed by atoms with Crippen molar-refractivity contribution in [3.05, 3.63) is 99.1 Å². The highest BCUT2D eigenvalue weighted by Crippen LogP contribution is 2.18. The van der Waals surface area contributed by atoms with Gasteiger partial charge in [-0.25, -0.2) is 9.78 Å². The molecule has 0 aliphatic carbocycles. The predicted molar refractivity (Wildman–Crippen MR) is 118 cm³/mol. The highest BCUT2D eigenvalue weighted by molar-refractivity contribution is 5.90. The number of aromatic nitrogens is 4. The lowest BCUT2D eigenvalue weighted by atomic mass is 10.1.